The third kappa shape index (κ3) is 2.44. The van der Waals surface area contributed by atoms with Crippen LogP contribution in [0.3, 0.4) is 0 Å². The first-order valence-electron chi connectivity index (χ1n) is 9.42. The van der Waals surface area contributed by atoms with Crippen molar-refractivity contribution in [3.05, 3.63) is 36.2 Å². The van der Waals surface area contributed by atoms with Crippen molar-refractivity contribution in [2.24, 2.45) is 20.8 Å². The molecule has 144 valence electrons. The largest absolute Gasteiger partial charge is 0.326 e. The lowest BCUT2D eigenvalue weighted by molar-refractivity contribution is -0.915. The molecule has 0 bridgehead atoms. The normalized spacial score (nSPS) is 30.0. The number of fused-ring (bicyclic) bond motifs is 2. The number of amidine groups is 1. The third-order valence-corrected chi connectivity index (χ3v) is 5.75. The Morgan fingerprint density at radius 1 is 1.39 bits per heavy atom. The van der Waals surface area contributed by atoms with Crippen molar-refractivity contribution >= 4 is 35.3 Å². The quantitative estimate of drug-likeness (QED) is 0.674. The number of benzene rings is 1. The highest BCUT2D eigenvalue weighted by Gasteiger charge is 2.48. The molecule has 0 radical (unpaired) electrons. The zero-order valence-electron chi connectivity index (χ0n) is 15.9. The minimum atomic E-state index is -0.523. The highest BCUT2D eigenvalue weighted by Crippen LogP contribution is 2.38. The standard InChI is InChI=1S/C19H22N8O/c1-19(2)14-4-3-13(9-15(14)23-17(19)28)22-18-24-16-10-21-6-8-27(16,25-18)26-7-5-12(20)11-26/h3-4,6,8-10,12H,5,7,11,20H2,1-2H3,(H-,22,23,25,28)/p+1/t12-,27?/m0/s1. The summed E-state index contributed by atoms with van der Waals surface area (Å²) in [5.41, 5.74) is 8.21. The Morgan fingerprint density at radius 2 is 2.25 bits per heavy atom. The Hall–Kier alpha value is -2.88. The van der Waals surface area contributed by atoms with E-state index in [0.29, 0.717) is 5.96 Å². The molecular formula is C19H23N8O+. The van der Waals surface area contributed by atoms with Crippen LogP contribution in [0.2, 0.25) is 0 Å². The number of anilines is 2. The average Bonchev–Trinajstić information content (AvgIpc) is 3.30. The fraction of sp³-hybridized carbons (Fsp3) is 0.368. The number of quaternary nitrogens is 1. The van der Waals surface area contributed by atoms with Gasteiger partial charge in [0.05, 0.1) is 24.7 Å². The fourth-order valence-electron chi connectivity index (χ4n) is 4.07. The second kappa shape index (κ2) is 5.81. The molecule has 1 aromatic carbocycles. The van der Waals surface area contributed by atoms with Crippen LogP contribution in [0, 0.1) is 0 Å². The van der Waals surface area contributed by atoms with Crippen LogP contribution in [0.15, 0.2) is 45.7 Å². The van der Waals surface area contributed by atoms with Crippen LogP contribution in [0.25, 0.3) is 0 Å². The molecule has 0 aliphatic carbocycles. The predicted molar refractivity (Wildman–Crippen MR) is 109 cm³/mol. The van der Waals surface area contributed by atoms with Crippen LogP contribution in [-0.4, -0.2) is 52.8 Å². The van der Waals surface area contributed by atoms with E-state index in [2.05, 4.69) is 25.6 Å². The minimum absolute atomic E-state index is 0.00598. The molecule has 4 aliphatic heterocycles. The van der Waals surface area contributed by atoms with Gasteiger partial charge in [0.2, 0.25) is 5.91 Å². The average molecular weight is 379 g/mol. The van der Waals surface area contributed by atoms with Crippen molar-refractivity contribution in [2.45, 2.75) is 31.7 Å². The summed E-state index contributed by atoms with van der Waals surface area (Å²) in [5.74, 6) is 1.23. The van der Waals surface area contributed by atoms with Gasteiger partial charge < -0.3 is 16.4 Å². The van der Waals surface area contributed by atoms with E-state index in [0.717, 1.165) is 42.3 Å². The summed E-state index contributed by atoms with van der Waals surface area (Å²) in [7, 11) is 0. The first-order valence-corrected chi connectivity index (χ1v) is 9.42. The van der Waals surface area contributed by atoms with Gasteiger partial charge in [0, 0.05) is 17.4 Å². The van der Waals surface area contributed by atoms with Crippen LogP contribution in [-0.2, 0) is 10.2 Å². The van der Waals surface area contributed by atoms with Crippen molar-refractivity contribution in [3.63, 3.8) is 0 Å². The van der Waals surface area contributed by atoms with Gasteiger partial charge in [-0.3, -0.25) is 9.79 Å². The molecule has 1 saturated heterocycles. The lowest BCUT2D eigenvalue weighted by Crippen LogP contribution is -2.56. The fourth-order valence-corrected chi connectivity index (χ4v) is 4.07. The maximum Gasteiger partial charge on any atom is 0.301 e. The molecule has 0 spiro atoms. The number of aliphatic imine (C=N–C) groups is 2. The van der Waals surface area contributed by atoms with Crippen LogP contribution >= 0.6 is 0 Å². The van der Waals surface area contributed by atoms with Gasteiger partial charge in [0.25, 0.3) is 5.96 Å². The SMILES string of the molecule is CC1(C)C(=O)Nc2cc(NC3=N[N+]4(N5CC[C@H](N)C5)C=CN=CC4=N3)ccc21. The number of nitrogens with two attached hydrogens (primary N) is 1. The second-order valence-electron chi connectivity index (χ2n) is 8.05. The number of rotatable bonds is 2. The number of nitrogens with one attached hydrogen (secondary N) is 2. The van der Waals surface area contributed by atoms with E-state index in [1.807, 2.05) is 38.2 Å². The van der Waals surface area contributed by atoms with E-state index in [1.54, 1.807) is 12.4 Å². The number of hydrogen-bond acceptors (Lipinski definition) is 7. The van der Waals surface area contributed by atoms with Gasteiger partial charge in [-0.05, 0) is 47.8 Å². The molecule has 28 heavy (non-hydrogen) atoms. The van der Waals surface area contributed by atoms with Crippen molar-refractivity contribution in [1.82, 2.24) is 5.01 Å². The number of carbonyl (C=O) groups excluding carboxylic acids is 1. The van der Waals surface area contributed by atoms with Crippen molar-refractivity contribution in [1.29, 1.82) is 0 Å². The summed E-state index contributed by atoms with van der Waals surface area (Å²) < 4.78 is 0.161. The first kappa shape index (κ1) is 17.2. The smallest absolute Gasteiger partial charge is 0.301 e. The van der Waals surface area contributed by atoms with Gasteiger partial charge >= 0.3 is 5.84 Å². The van der Waals surface area contributed by atoms with Gasteiger partial charge in [-0.1, -0.05) is 6.07 Å². The molecule has 0 aromatic heterocycles. The summed E-state index contributed by atoms with van der Waals surface area (Å²) in [6, 6.07) is 5.97. The van der Waals surface area contributed by atoms with Gasteiger partial charge in [0.15, 0.2) is 6.20 Å². The molecule has 9 nitrogen and oxygen atoms in total. The Morgan fingerprint density at radius 3 is 3.04 bits per heavy atom. The number of nitrogens with zero attached hydrogens (tertiary/aromatic N) is 5. The van der Waals surface area contributed by atoms with Crippen LogP contribution in [0.4, 0.5) is 11.4 Å². The van der Waals surface area contributed by atoms with Gasteiger partial charge in [-0.25, -0.2) is 0 Å². The molecule has 2 atom stereocenters. The minimum Gasteiger partial charge on any atom is -0.326 e. The van der Waals surface area contributed by atoms with E-state index in [1.165, 1.54) is 0 Å². The molecule has 1 amide bonds. The number of carbonyl (C=O) groups is 1. The van der Waals surface area contributed by atoms with Crippen LogP contribution in [0.1, 0.15) is 25.8 Å². The molecule has 1 fully saturated rings. The zero-order chi connectivity index (χ0) is 19.5. The first-order chi connectivity index (χ1) is 13.4. The summed E-state index contributed by atoms with van der Waals surface area (Å²) in [6.07, 6.45) is 6.31. The van der Waals surface area contributed by atoms with Crippen LogP contribution < -0.4 is 16.4 Å². The van der Waals surface area contributed by atoms with E-state index >= 15 is 0 Å². The number of guanidine groups is 1. The molecule has 0 saturated carbocycles. The van der Waals surface area contributed by atoms with E-state index < -0.39 is 5.41 Å². The zero-order valence-corrected chi connectivity index (χ0v) is 15.9. The summed E-state index contributed by atoms with van der Waals surface area (Å²) in [6.45, 7) is 5.43. The van der Waals surface area contributed by atoms with Gasteiger partial charge in [-0.2, -0.15) is 0 Å². The maximum atomic E-state index is 12.2. The van der Waals surface area contributed by atoms with Gasteiger partial charge in [0.1, 0.15) is 6.21 Å². The highest BCUT2D eigenvalue weighted by atomic mass is 16.2. The topological polar surface area (TPSA) is 107 Å². The Balaban J connectivity index is 1.45. The number of hydrogen-bond donors (Lipinski definition) is 3. The van der Waals surface area contributed by atoms with Gasteiger partial charge in [-0.15, -0.1) is 10.0 Å². The molecule has 4 N–H and O–H groups in total. The lowest BCUT2D eigenvalue weighted by Gasteiger charge is -2.31. The number of amides is 1. The summed E-state index contributed by atoms with van der Waals surface area (Å²) >= 11 is 0. The Kier molecular flexibility index (Phi) is 3.57. The van der Waals surface area contributed by atoms with Crippen molar-refractivity contribution < 1.29 is 9.50 Å². The Labute approximate surface area is 162 Å². The maximum absolute atomic E-state index is 12.2. The lowest BCUT2D eigenvalue weighted by atomic mass is 9.86. The van der Waals surface area contributed by atoms with Crippen molar-refractivity contribution in [2.75, 3.05) is 23.7 Å². The monoisotopic (exact) mass is 379 g/mol. The second-order valence-corrected chi connectivity index (χ2v) is 8.05. The highest BCUT2D eigenvalue weighted by molar-refractivity contribution is 6.30. The van der Waals surface area contributed by atoms with E-state index in [-0.39, 0.29) is 16.7 Å². The van der Waals surface area contributed by atoms with E-state index in [4.69, 9.17) is 10.8 Å². The predicted octanol–water partition coefficient (Wildman–Crippen LogP) is 1.33. The molecule has 1 aromatic rings. The summed E-state index contributed by atoms with van der Waals surface area (Å²) in [5, 5.41) is 13.2. The molecule has 4 aliphatic rings. The molecule has 9 heteroatoms. The molecule has 4 heterocycles. The summed E-state index contributed by atoms with van der Waals surface area (Å²) in [4.78, 5) is 21.0. The molecule has 1 unspecified atom stereocenters. The van der Waals surface area contributed by atoms with Crippen molar-refractivity contribution in [3.8, 4) is 0 Å². The molecule has 5 rings (SSSR count). The molecular weight excluding hydrogens is 356 g/mol. The van der Waals surface area contributed by atoms with Crippen LogP contribution in [0.5, 0.6) is 0 Å². The Bertz CT molecular complexity index is 992. The van der Waals surface area contributed by atoms with E-state index in [9.17, 15) is 4.79 Å². The third-order valence-electron chi connectivity index (χ3n) is 5.75.